The van der Waals surface area contributed by atoms with Gasteiger partial charge < -0.3 is 0 Å². The largest absolute Gasteiger partial charge is 0.246 e. The van der Waals surface area contributed by atoms with Crippen LogP contribution in [0.4, 0.5) is 8.78 Å². The van der Waals surface area contributed by atoms with Crippen molar-refractivity contribution in [2.75, 3.05) is 31.9 Å². The summed E-state index contributed by atoms with van der Waals surface area (Å²) in [4.78, 5) is -0.608. The molecular formula is C13H18F2N2O4S2. The van der Waals surface area contributed by atoms with Crippen LogP contribution in [0.5, 0.6) is 0 Å². The summed E-state index contributed by atoms with van der Waals surface area (Å²) in [5.41, 5.74) is 0. The first-order valence-corrected chi connectivity index (χ1v) is 10.2. The summed E-state index contributed by atoms with van der Waals surface area (Å²) in [5, 5.41) is 0. The quantitative estimate of drug-likeness (QED) is 0.777. The maximum atomic E-state index is 13.7. The Hall–Kier alpha value is -1.10. The Bertz CT molecular complexity index is 773. The molecule has 10 heteroatoms. The van der Waals surface area contributed by atoms with E-state index in [1.54, 1.807) is 6.92 Å². The van der Waals surface area contributed by atoms with Gasteiger partial charge in [0.25, 0.3) is 0 Å². The van der Waals surface area contributed by atoms with Gasteiger partial charge in [-0.05, 0) is 18.6 Å². The molecule has 0 aromatic heterocycles. The summed E-state index contributed by atoms with van der Waals surface area (Å²) in [6.07, 6.45) is 0.474. The molecule has 0 N–H and O–H groups in total. The van der Waals surface area contributed by atoms with Crippen molar-refractivity contribution in [3.8, 4) is 0 Å². The number of nitrogens with zero attached hydrogens (tertiary/aromatic N) is 2. The van der Waals surface area contributed by atoms with E-state index >= 15 is 0 Å². The minimum Gasteiger partial charge on any atom is -0.212 e. The van der Waals surface area contributed by atoms with Gasteiger partial charge in [0.05, 0.1) is 5.75 Å². The van der Waals surface area contributed by atoms with E-state index in [9.17, 15) is 25.6 Å². The van der Waals surface area contributed by atoms with Crippen molar-refractivity contribution in [2.45, 2.75) is 18.2 Å². The molecule has 23 heavy (non-hydrogen) atoms. The summed E-state index contributed by atoms with van der Waals surface area (Å²) < 4.78 is 77.6. The van der Waals surface area contributed by atoms with E-state index in [2.05, 4.69) is 0 Å². The highest BCUT2D eigenvalue weighted by Crippen LogP contribution is 2.22. The third-order valence-corrected chi connectivity index (χ3v) is 7.57. The molecule has 1 aromatic rings. The fourth-order valence-electron chi connectivity index (χ4n) is 2.40. The predicted octanol–water partition coefficient (Wildman–Crippen LogP) is 1.01. The molecule has 1 fully saturated rings. The fourth-order valence-corrected chi connectivity index (χ4v) is 5.36. The first kappa shape index (κ1) is 18.2. The number of piperazine rings is 1. The lowest BCUT2D eigenvalue weighted by Gasteiger charge is -2.33. The molecule has 0 amide bonds. The van der Waals surface area contributed by atoms with Gasteiger partial charge in [-0.1, -0.05) is 6.92 Å². The fraction of sp³-hybridized carbons (Fsp3) is 0.538. The number of sulfonamides is 2. The van der Waals surface area contributed by atoms with Gasteiger partial charge in [0.1, 0.15) is 16.5 Å². The molecule has 0 unspecified atom stereocenters. The van der Waals surface area contributed by atoms with Crippen LogP contribution in [0.3, 0.4) is 0 Å². The standard InChI is InChI=1S/C13H18F2N2O4S2/c1-2-9-22(18,19)16-5-7-17(8-6-16)23(20,21)13-4-3-11(14)10-12(13)15/h3-4,10H,2,5-9H2,1H3. The number of hydrogen-bond acceptors (Lipinski definition) is 4. The second kappa shape index (κ2) is 6.80. The van der Waals surface area contributed by atoms with Gasteiger partial charge in [0, 0.05) is 32.2 Å². The smallest absolute Gasteiger partial charge is 0.212 e. The maximum absolute atomic E-state index is 13.7. The highest BCUT2D eigenvalue weighted by atomic mass is 32.2. The summed E-state index contributed by atoms with van der Waals surface area (Å²) in [6.45, 7) is 1.65. The molecule has 1 aliphatic heterocycles. The number of benzene rings is 1. The van der Waals surface area contributed by atoms with Crippen LogP contribution in [0.2, 0.25) is 0 Å². The van der Waals surface area contributed by atoms with Crippen molar-refractivity contribution in [3.63, 3.8) is 0 Å². The van der Waals surface area contributed by atoms with Crippen LogP contribution in [0.1, 0.15) is 13.3 Å². The van der Waals surface area contributed by atoms with Crippen molar-refractivity contribution in [1.82, 2.24) is 8.61 Å². The van der Waals surface area contributed by atoms with Crippen LogP contribution in [0, 0.1) is 11.6 Å². The molecule has 130 valence electrons. The SMILES string of the molecule is CCCS(=O)(=O)N1CCN(S(=O)(=O)c2ccc(F)cc2F)CC1. The van der Waals surface area contributed by atoms with Crippen LogP contribution in [-0.4, -0.2) is 57.4 Å². The van der Waals surface area contributed by atoms with Crippen molar-refractivity contribution in [2.24, 2.45) is 0 Å². The van der Waals surface area contributed by atoms with Gasteiger partial charge >= 0.3 is 0 Å². The average Bonchev–Trinajstić information content (AvgIpc) is 2.47. The van der Waals surface area contributed by atoms with Gasteiger partial charge in [-0.2, -0.15) is 8.61 Å². The van der Waals surface area contributed by atoms with E-state index in [1.165, 1.54) is 4.31 Å². The third kappa shape index (κ3) is 3.87. The number of halogens is 2. The minimum atomic E-state index is -4.12. The molecule has 0 radical (unpaired) electrons. The van der Waals surface area contributed by atoms with Crippen LogP contribution in [0.25, 0.3) is 0 Å². The zero-order chi connectivity index (χ0) is 17.3. The predicted molar refractivity (Wildman–Crippen MR) is 80.8 cm³/mol. The summed E-state index contributed by atoms with van der Waals surface area (Å²) in [6, 6.07) is 2.26. The van der Waals surface area contributed by atoms with Crippen molar-refractivity contribution < 1.29 is 25.6 Å². The topological polar surface area (TPSA) is 74.8 Å². The zero-order valence-corrected chi connectivity index (χ0v) is 14.2. The molecule has 0 spiro atoms. The lowest BCUT2D eigenvalue weighted by atomic mass is 10.3. The Morgan fingerprint density at radius 1 is 1.00 bits per heavy atom. The Morgan fingerprint density at radius 3 is 2.09 bits per heavy atom. The number of hydrogen-bond donors (Lipinski definition) is 0. The summed E-state index contributed by atoms with van der Waals surface area (Å²) in [5.74, 6) is -2.02. The summed E-state index contributed by atoms with van der Waals surface area (Å²) >= 11 is 0. The molecule has 1 aromatic carbocycles. The highest BCUT2D eigenvalue weighted by Gasteiger charge is 2.33. The molecule has 6 nitrogen and oxygen atoms in total. The molecule has 0 bridgehead atoms. The van der Waals surface area contributed by atoms with Gasteiger partial charge in [0.15, 0.2) is 0 Å². The normalized spacial score (nSPS) is 18.2. The van der Waals surface area contributed by atoms with E-state index in [1.807, 2.05) is 0 Å². The first-order chi connectivity index (χ1) is 10.7. The molecule has 0 atom stereocenters. The molecule has 1 aliphatic rings. The second-order valence-electron chi connectivity index (χ2n) is 5.19. The van der Waals surface area contributed by atoms with E-state index in [0.29, 0.717) is 12.5 Å². The first-order valence-electron chi connectivity index (χ1n) is 7.11. The molecule has 2 rings (SSSR count). The monoisotopic (exact) mass is 368 g/mol. The van der Waals surface area contributed by atoms with Gasteiger partial charge in [-0.3, -0.25) is 0 Å². The van der Waals surface area contributed by atoms with Crippen LogP contribution in [0.15, 0.2) is 23.1 Å². The number of rotatable bonds is 5. The third-order valence-electron chi connectivity index (χ3n) is 3.56. The Balaban J connectivity index is 2.16. The molecule has 1 heterocycles. The van der Waals surface area contributed by atoms with Crippen molar-refractivity contribution in [1.29, 1.82) is 0 Å². The molecule has 1 saturated heterocycles. The lowest BCUT2D eigenvalue weighted by molar-refractivity contribution is 0.272. The Kier molecular flexibility index (Phi) is 5.39. The Labute approximate surface area is 134 Å². The zero-order valence-electron chi connectivity index (χ0n) is 12.6. The van der Waals surface area contributed by atoms with Crippen LogP contribution < -0.4 is 0 Å². The molecule has 0 saturated carbocycles. The van der Waals surface area contributed by atoms with Gasteiger partial charge in [-0.25, -0.2) is 25.6 Å². The second-order valence-corrected chi connectivity index (χ2v) is 9.19. The van der Waals surface area contributed by atoms with E-state index in [0.717, 1.165) is 16.4 Å². The van der Waals surface area contributed by atoms with Crippen molar-refractivity contribution >= 4 is 20.0 Å². The highest BCUT2D eigenvalue weighted by molar-refractivity contribution is 7.89. The van der Waals surface area contributed by atoms with Crippen LogP contribution >= 0.6 is 0 Å². The van der Waals surface area contributed by atoms with E-state index in [-0.39, 0.29) is 31.9 Å². The van der Waals surface area contributed by atoms with Crippen molar-refractivity contribution in [3.05, 3.63) is 29.8 Å². The Morgan fingerprint density at radius 2 is 1.57 bits per heavy atom. The van der Waals surface area contributed by atoms with Gasteiger partial charge in [-0.15, -0.1) is 0 Å². The minimum absolute atomic E-state index is 0.00629. The van der Waals surface area contributed by atoms with E-state index < -0.39 is 36.6 Å². The van der Waals surface area contributed by atoms with Gasteiger partial charge in [0.2, 0.25) is 20.0 Å². The molecular weight excluding hydrogens is 350 g/mol. The van der Waals surface area contributed by atoms with Crippen LogP contribution in [-0.2, 0) is 20.0 Å². The van der Waals surface area contributed by atoms with E-state index in [4.69, 9.17) is 0 Å². The summed E-state index contributed by atoms with van der Waals surface area (Å²) in [7, 11) is -7.51. The molecule has 0 aliphatic carbocycles. The lowest BCUT2D eigenvalue weighted by Crippen LogP contribution is -2.51. The average molecular weight is 368 g/mol. The maximum Gasteiger partial charge on any atom is 0.246 e.